The summed E-state index contributed by atoms with van der Waals surface area (Å²) < 4.78 is 0. The third-order valence-corrected chi connectivity index (χ3v) is 1.61. The SMILES string of the molecule is C=CC(O)c1cccc(C=O)c1. The van der Waals surface area contributed by atoms with Crippen molar-refractivity contribution in [1.82, 2.24) is 0 Å². The van der Waals surface area contributed by atoms with Crippen molar-refractivity contribution >= 4 is 6.29 Å². The van der Waals surface area contributed by atoms with Crippen LogP contribution in [0.5, 0.6) is 0 Å². The second-order valence-electron chi connectivity index (χ2n) is 2.47. The maximum Gasteiger partial charge on any atom is 0.150 e. The summed E-state index contributed by atoms with van der Waals surface area (Å²) in [5, 5.41) is 9.32. The molecule has 0 aliphatic heterocycles. The first-order valence-corrected chi connectivity index (χ1v) is 3.63. The average molecular weight is 162 g/mol. The molecular formula is C10H10O2. The van der Waals surface area contributed by atoms with E-state index in [0.717, 1.165) is 6.29 Å². The first-order valence-electron chi connectivity index (χ1n) is 3.63. The molecule has 2 nitrogen and oxygen atoms in total. The molecule has 1 aromatic rings. The van der Waals surface area contributed by atoms with E-state index in [9.17, 15) is 9.90 Å². The van der Waals surface area contributed by atoms with Gasteiger partial charge < -0.3 is 5.11 Å². The maximum absolute atomic E-state index is 10.4. The highest BCUT2D eigenvalue weighted by atomic mass is 16.3. The van der Waals surface area contributed by atoms with Crippen LogP contribution in [-0.4, -0.2) is 11.4 Å². The summed E-state index contributed by atoms with van der Waals surface area (Å²) in [5.74, 6) is 0. The predicted molar refractivity (Wildman–Crippen MR) is 47.0 cm³/mol. The zero-order valence-electron chi connectivity index (χ0n) is 6.60. The molecule has 62 valence electrons. The van der Waals surface area contributed by atoms with Crippen LogP contribution in [-0.2, 0) is 0 Å². The Morgan fingerprint density at radius 2 is 2.25 bits per heavy atom. The lowest BCUT2D eigenvalue weighted by Crippen LogP contribution is -1.93. The van der Waals surface area contributed by atoms with E-state index in [4.69, 9.17) is 0 Å². The summed E-state index contributed by atoms with van der Waals surface area (Å²) in [4.78, 5) is 10.4. The number of benzene rings is 1. The molecule has 0 fully saturated rings. The van der Waals surface area contributed by atoms with Crippen LogP contribution in [0.25, 0.3) is 0 Å². The fourth-order valence-electron chi connectivity index (χ4n) is 0.952. The molecule has 0 aliphatic carbocycles. The highest BCUT2D eigenvalue weighted by molar-refractivity contribution is 5.75. The quantitative estimate of drug-likeness (QED) is 0.542. The van der Waals surface area contributed by atoms with Gasteiger partial charge in [-0.1, -0.05) is 24.3 Å². The van der Waals surface area contributed by atoms with Crippen molar-refractivity contribution in [3.8, 4) is 0 Å². The fraction of sp³-hybridized carbons (Fsp3) is 0.100. The lowest BCUT2D eigenvalue weighted by Gasteiger charge is -2.04. The van der Waals surface area contributed by atoms with Crippen LogP contribution in [0.1, 0.15) is 22.0 Å². The molecule has 12 heavy (non-hydrogen) atoms. The van der Waals surface area contributed by atoms with Crippen molar-refractivity contribution in [2.45, 2.75) is 6.10 Å². The van der Waals surface area contributed by atoms with Gasteiger partial charge in [0.15, 0.2) is 0 Å². The minimum Gasteiger partial charge on any atom is -0.384 e. The first-order chi connectivity index (χ1) is 5.77. The van der Waals surface area contributed by atoms with Crippen LogP contribution in [0, 0.1) is 0 Å². The van der Waals surface area contributed by atoms with Gasteiger partial charge in [0.1, 0.15) is 6.29 Å². The Labute approximate surface area is 71.2 Å². The third kappa shape index (κ3) is 1.80. The summed E-state index contributed by atoms with van der Waals surface area (Å²) in [5.41, 5.74) is 1.25. The molecule has 0 saturated carbocycles. The molecule has 0 aromatic heterocycles. The molecule has 0 heterocycles. The molecule has 1 aromatic carbocycles. The Balaban J connectivity index is 3.00. The monoisotopic (exact) mass is 162 g/mol. The Kier molecular flexibility index (Phi) is 2.77. The zero-order chi connectivity index (χ0) is 8.97. The molecule has 0 amide bonds. The second kappa shape index (κ2) is 3.83. The number of rotatable bonds is 3. The van der Waals surface area contributed by atoms with E-state index in [1.165, 1.54) is 6.08 Å². The summed E-state index contributed by atoms with van der Waals surface area (Å²) in [6.07, 6.45) is 1.48. The van der Waals surface area contributed by atoms with E-state index >= 15 is 0 Å². The van der Waals surface area contributed by atoms with Crippen molar-refractivity contribution in [2.75, 3.05) is 0 Å². The molecular weight excluding hydrogens is 152 g/mol. The molecule has 2 heteroatoms. The predicted octanol–water partition coefficient (Wildman–Crippen LogP) is 1.72. The molecule has 0 spiro atoms. The molecule has 1 rings (SSSR count). The number of aldehydes is 1. The van der Waals surface area contributed by atoms with Gasteiger partial charge in [0.05, 0.1) is 6.10 Å². The van der Waals surface area contributed by atoms with Gasteiger partial charge in [0, 0.05) is 5.56 Å². The summed E-state index contributed by atoms with van der Waals surface area (Å²) in [6, 6.07) is 6.80. The standard InChI is InChI=1S/C10H10O2/c1-2-10(12)9-5-3-4-8(6-9)7-11/h2-7,10,12H,1H2. The van der Waals surface area contributed by atoms with Crippen molar-refractivity contribution in [2.24, 2.45) is 0 Å². The highest BCUT2D eigenvalue weighted by Crippen LogP contribution is 2.13. The van der Waals surface area contributed by atoms with Gasteiger partial charge in [-0.05, 0) is 11.6 Å². The number of aliphatic hydroxyl groups excluding tert-OH is 1. The van der Waals surface area contributed by atoms with Gasteiger partial charge in [-0.2, -0.15) is 0 Å². The Morgan fingerprint density at radius 1 is 1.50 bits per heavy atom. The van der Waals surface area contributed by atoms with E-state index < -0.39 is 6.10 Å². The van der Waals surface area contributed by atoms with Gasteiger partial charge in [-0.3, -0.25) is 4.79 Å². The van der Waals surface area contributed by atoms with E-state index in [0.29, 0.717) is 11.1 Å². The van der Waals surface area contributed by atoms with Gasteiger partial charge in [0.2, 0.25) is 0 Å². The minimum absolute atomic E-state index is 0.563. The molecule has 1 atom stereocenters. The first kappa shape index (κ1) is 8.68. The van der Waals surface area contributed by atoms with E-state index in [2.05, 4.69) is 6.58 Å². The fourth-order valence-corrected chi connectivity index (χ4v) is 0.952. The van der Waals surface area contributed by atoms with Gasteiger partial charge in [-0.25, -0.2) is 0 Å². The van der Waals surface area contributed by atoms with Crippen LogP contribution in [0.4, 0.5) is 0 Å². The van der Waals surface area contributed by atoms with Gasteiger partial charge in [-0.15, -0.1) is 6.58 Å². The number of hydrogen-bond donors (Lipinski definition) is 1. The van der Waals surface area contributed by atoms with Crippen molar-refractivity contribution in [3.05, 3.63) is 48.0 Å². The highest BCUT2D eigenvalue weighted by Gasteiger charge is 2.01. The van der Waals surface area contributed by atoms with Crippen molar-refractivity contribution in [3.63, 3.8) is 0 Å². The van der Waals surface area contributed by atoms with Crippen LogP contribution in [0.15, 0.2) is 36.9 Å². The maximum atomic E-state index is 10.4. The smallest absolute Gasteiger partial charge is 0.150 e. The summed E-state index contributed by atoms with van der Waals surface area (Å²) in [7, 11) is 0. The zero-order valence-corrected chi connectivity index (χ0v) is 6.60. The molecule has 0 saturated heterocycles. The normalized spacial score (nSPS) is 12.1. The Hall–Kier alpha value is -1.41. The van der Waals surface area contributed by atoms with Gasteiger partial charge in [0.25, 0.3) is 0 Å². The molecule has 1 unspecified atom stereocenters. The minimum atomic E-state index is -0.690. The van der Waals surface area contributed by atoms with Crippen LogP contribution < -0.4 is 0 Å². The molecule has 0 radical (unpaired) electrons. The number of aliphatic hydroxyl groups is 1. The van der Waals surface area contributed by atoms with Crippen molar-refractivity contribution < 1.29 is 9.90 Å². The Bertz CT molecular complexity index is 292. The lowest BCUT2D eigenvalue weighted by atomic mass is 10.1. The topological polar surface area (TPSA) is 37.3 Å². The largest absolute Gasteiger partial charge is 0.384 e. The number of hydrogen-bond acceptors (Lipinski definition) is 2. The van der Waals surface area contributed by atoms with E-state index in [1.54, 1.807) is 24.3 Å². The summed E-state index contributed by atoms with van der Waals surface area (Å²) >= 11 is 0. The van der Waals surface area contributed by atoms with Crippen LogP contribution in [0.2, 0.25) is 0 Å². The van der Waals surface area contributed by atoms with Crippen molar-refractivity contribution in [1.29, 1.82) is 0 Å². The second-order valence-corrected chi connectivity index (χ2v) is 2.47. The number of carbonyl (C=O) groups is 1. The number of carbonyl (C=O) groups excluding carboxylic acids is 1. The van der Waals surface area contributed by atoms with Crippen LogP contribution in [0.3, 0.4) is 0 Å². The molecule has 1 N–H and O–H groups in total. The lowest BCUT2D eigenvalue weighted by molar-refractivity contribution is 0.112. The third-order valence-electron chi connectivity index (χ3n) is 1.61. The average Bonchev–Trinajstić information content (AvgIpc) is 2.17. The Morgan fingerprint density at radius 3 is 2.83 bits per heavy atom. The molecule has 0 aliphatic rings. The summed E-state index contributed by atoms with van der Waals surface area (Å²) in [6.45, 7) is 3.45. The van der Waals surface area contributed by atoms with E-state index in [1.807, 2.05) is 0 Å². The molecule has 0 bridgehead atoms. The van der Waals surface area contributed by atoms with Gasteiger partial charge >= 0.3 is 0 Å². The van der Waals surface area contributed by atoms with Crippen LogP contribution >= 0.6 is 0 Å². The van der Waals surface area contributed by atoms with E-state index in [-0.39, 0.29) is 0 Å².